The van der Waals surface area contributed by atoms with Gasteiger partial charge in [-0.25, -0.2) is 0 Å². The van der Waals surface area contributed by atoms with Crippen LogP contribution in [0.15, 0.2) is 24.5 Å². The number of nitrogens with zero attached hydrogens (tertiary/aromatic N) is 1. The number of ether oxygens (including phenoxy) is 1. The van der Waals surface area contributed by atoms with Crippen molar-refractivity contribution in [2.75, 3.05) is 13.4 Å². The number of rotatable bonds is 8. The largest absolute Gasteiger partial charge is 0.438 e. The third-order valence-corrected chi connectivity index (χ3v) is 3.77. The highest BCUT2D eigenvalue weighted by atomic mass is 31.2. The molecule has 1 aromatic heterocycles. The number of hydrogen-bond acceptors (Lipinski definition) is 5. The second-order valence-corrected chi connectivity index (χ2v) is 5.63. The number of esters is 1. The summed E-state index contributed by atoms with van der Waals surface area (Å²) in [4.78, 5) is 15.3. The summed E-state index contributed by atoms with van der Waals surface area (Å²) in [7, 11) is -1.09. The van der Waals surface area contributed by atoms with E-state index in [4.69, 9.17) is 13.8 Å². The fraction of sp³-hybridized carbons (Fsp3) is 0.538. The molecule has 1 rings (SSSR count). The predicted octanol–water partition coefficient (Wildman–Crippen LogP) is 3.10. The van der Waals surface area contributed by atoms with E-state index in [1.807, 2.05) is 19.1 Å². The Labute approximate surface area is 115 Å². The minimum atomic E-state index is -1.09. The summed E-state index contributed by atoms with van der Waals surface area (Å²) < 4.78 is 16.0. The summed E-state index contributed by atoms with van der Waals surface area (Å²) in [5.41, 5.74) is 1.09. The highest BCUT2D eigenvalue weighted by molar-refractivity contribution is 7.46. The molecular weight excluding hydrogens is 265 g/mol. The molecule has 19 heavy (non-hydrogen) atoms. The maximum absolute atomic E-state index is 11.3. The van der Waals surface area contributed by atoms with Gasteiger partial charge in [-0.1, -0.05) is 13.8 Å². The van der Waals surface area contributed by atoms with E-state index in [1.54, 1.807) is 26.2 Å². The minimum absolute atomic E-state index is 0.0617. The van der Waals surface area contributed by atoms with Crippen LogP contribution >= 0.6 is 8.38 Å². The van der Waals surface area contributed by atoms with Crippen molar-refractivity contribution >= 4 is 14.3 Å². The third kappa shape index (κ3) is 6.62. The maximum atomic E-state index is 11.3. The minimum Gasteiger partial charge on any atom is -0.438 e. The van der Waals surface area contributed by atoms with E-state index in [0.29, 0.717) is 12.8 Å². The fourth-order valence-electron chi connectivity index (χ4n) is 1.22. The average molecular weight is 285 g/mol. The van der Waals surface area contributed by atoms with Gasteiger partial charge in [-0.2, -0.15) is 0 Å². The van der Waals surface area contributed by atoms with E-state index >= 15 is 0 Å². The first-order valence-electron chi connectivity index (χ1n) is 6.22. The molecule has 0 spiro atoms. The molecule has 1 atom stereocenters. The number of aromatic nitrogens is 1. The molecule has 106 valence electrons. The Kier molecular flexibility index (Phi) is 7.56. The lowest BCUT2D eigenvalue weighted by Gasteiger charge is -2.17. The predicted molar refractivity (Wildman–Crippen MR) is 73.4 cm³/mol. The van der Waals surface area contributed by atoms with Crippen molar-refractivity contribution < 1.29 is 18.6 Å². The summed E-state index contributed by atoms with van der Waals surface area (Å²) in [5.74, 6) is -0.419. The Balaban J connectivity index is 2.38. The van der Waals surface area contributed by atoms with Gasteiger partial charge in [0.15, 0.2) is 15.2 Å². The molecule has 0 aliphatic heterocycles. The molecule has 0 bridgehead atoms. The van der Waals surface area contributed by atoms with Crippen molar-refractivity contribution in [3.8, 4) is 0 Å². The summed E-state index contributed by atoms with van der Waals surface area (Å²) in [6.45, 7) is 5.98. The molecule has 5 nitrogen and oxygen atoms in total. The molecule has 6 heteroatoms. The molecule has 1 unspecified atom stereocenters. The Bertz CT molecular complexity index is 372. The highest BCUT2D eigenvalue weighted by Crippen LogP contribution is 2.41. The van der Waals surface area contributed by atoms with Crippen molar-refractivity contribution in [1.29, 1.82) is 0 Å². The molecule has 0 aliphatic carbocycles. The van der Waals surface area contributed by atoms with E-state index in [2.05, 4.69) is 4.98 Å². The van der Waals surface area contributed by atoms with Crippen molar-refractivity contribution in [3.05, 3.63) is 30.1 Å². The lowest BCUT2D eigenvalue weighted by molar-refractivity contribution is -0.153. The van der Waals surface area contributed by atoms with E-state index in [1.165, 1.54) is 0 Å². The van der Waals surface area contributed by atoms with Crippen LogP contribution in [-0.4, -0.2) is 24.4 Å². The zero-order chi connectivity index (χ0) is 14.1. The number of carbonyl (C=O) groups excluding carboxylic acids is 1. The number of carbonyl (C=O) groups is 1. The Morgan fingerprint density at radius 3 is 2.58 bits per heavy atom. The van der Waals surface area contributed by atoms with Crippen LogP contribution < -0.4 is 0 Å². The van der Waals surface area contributed by atoms with Crippen LogP contribution in [0.25, 0.3) is 0 Å². The second kappa shape index (κ2) is 8.97. The molecule has 1 aromatic rings. The maximum Gasteiger partial charge on any atom is 0.310 e. The van der Waals surface area contributed by atoms with Crippen LogP contribution in [0.2, 0.25) is 0 Å². The van der Waals surface area contributed by atoms with Crippen molar-refractivity contribution in [3.63, 3.8) is 0 Å². The second-order valence-electron chi connectivity index (χ2n) is 4.13. The Hall–Kier alpha value is -1.03. The summed E-state index contributed by atoms with van der Waals surface area (Å²) in [6.07, 6.45) is 4.12. The molecule has 0 N–H and O–H groups in total. The smallest absolute Gasteiger partial charge is 0.310 e. The SMILES string of the molecule is CCOP(Cc1ccncc1)OCOC(=O)C(C)C. The molecule has 0 aromatic carbocycles. The van der Waals surface area contributed by atoms with Gasteiger partial charge in [0.25, 0.3) is 0 Å². The van der Waals surface area contributed by atoms with E-state index < -0.39 is 8.38 Å². The van der Waals surface area contributed by atoms with E-state index in [0.717, 1.165) is 5.56 Å². The van der Waals surface area contributed by atoms with Crippen LogP contribution in [-0.2, 0) is 24.7 Å². The number of hydrogen-bond donors (Lipinski definition) is 0. The molecular formula is C13H20NO4P. The van der Waals surface area contributed by atoms with Gasteiger partial charge in [0.05, 0.1) is 12.5 Å². The normalized spacial score (nSPS) is 12.4. The standard InChI is InChI=1S/C13H20NO4P/c1-4-17-19(9-12-5-7-14-8-6-12)18-10-16-13(15)11(2)3/h5-8,11H,4,9-10H2,1-3H3. The zero-order valence-electron chi connectivity index (χ0n) is 11.5. The first-order chi connectivity index (χ1) is 9.13. The van der Waals surface area contributed by atoms with E-state index in [-0.39, 0.29) is 18.7 Å². The van der Waals surface area contributed by atoms with Crippen LogP contribution in [0.1, 0.15) is 26.3 Å². The molecule has 0 amide bonds. The van der Waals surface area contributed by atoms with Gasteiger partial charge in [-0.15, -0.1) is 0 Å². The zero-order valence-corrected chi connectivity index (χ0v) is 12.4. The van der Waals surface area contributed by atoms with Crippen LogP contribution in [0.4, 0.5) is 0 Å². The van der Waals surface area contributed by atoms with Gasteiger partial charge in [0.1, 0.15) is 0 Å². The van der Waals surface area contributed by atoms with Gasteiger partial charge in [-0.3, -0.25) is 14.3 Å². The van der Waals surface area contributed by atoms with Gasteiger partial charge < -0.3 is 9.26 Å². The summed E-state index contributed by atoms with van der Waals surface area (Å²) in [6, 6.07) is 3.83. The molecule has 0 saturated heterocycles. The first kappa shape index (κ1) is 16.0. The van der Waals surface area contributed by atoms with Gasteiger partial charge >= 0.3 is 5.97 Å². The lowest BCUT2D eigenvalue weighted by Crippen LogP contribution is -2.13. The van der Waals surface area contributed by atoms with Crippen molar-refractivity contribution in [2.45, 2.75) is 26.9 Å². The fourth-order valence-corrected chi connectivity index (χ4v) is 2.44. The molecule has 0 aliphatic rings. The van der Waals surface area contributed by atoms with Gasteiger partial charge in [0.2, 0.25) is 0 Å². The average Bonchev–Trinajstić information content (AvgIpc) is 2.39. The monoisotopic (exact) mass is 285 g/mol. The molecule has 0 saturated carbocycles. The highest BCUT2D eigenvalue weighted by Gasteiger charge is 2.13. The Morgan fingerprint density at radius 2 is 2.00 bits per heavy atom. The summed E-state index contributed by atoms with van der Waals surface area (Å²) >= 11 is 0. The van der Waals surface area contributed by atoms with Crippen LogP contribution in [0, 0.1) is 5.92 Å². The quantitative estimate of drug-likeness (QED) is 0.417. The molecule has 1 heterocycles. The van der Waals surface area contributed by atoms with Crippen molar-refractivity contribution in [2.24, 2.45) is 5.92 Å². The van der Waals surface area contributed by atoms with E-state index in [9.17, 15) is 4.79 Å². The first-order valence-corrected chi connectivity index (χ1v) is 7.58. The molecule has 0 fully saturated rings. The van der Waals surface area contributed by atoms with Crippen molar-refractivity contribution in [1.82, 2.24) is 4.98 Å². The van der Waals surface area contributed by atoms with Gasteiger partial charge in [-0.05, 0) is 24.6 Å². The van der Waals surface area contributed by atoms with Gasteiger partial charge in [0, 0.05) is 18.6 Å². The summed E-state index contributed by atoms with van der Waals surface area (Å²) in [5, 5.41) is 0. The number of pyridine rings is 1. The van der Waals surface area contributed by atoms with Crippen LogP contribution in [0.3, 0.4) is 0 Å². The van der Waals surface area contributed by atoms with Crippen LogP contribution in [0.5, 0.6) is 0 Å². The molecule has 0 radical (unpaired) electrons. The lowest BCUT2D eigenvalue weighted by atomic mass is 10.2. The topological polar surface area (TPSA) is 57.6 Å². The third-order valence-electron chi connectivity index (χ3n) is 2.20. The Morgan fingerprint density at radius 1 is 1.32 bits per heavy atom.